The van der Waals surface area contributed by atoms with Gasteiger partial charge in [-0.25, -0.2) is 4.98 Å². The average molecular weight is 265 g/mol. The summed E-state index contributed by atoms with van der Waals surface area (Å²) in [6, 6.07) is 8.15. The maximum atomic E-state index is 6.19. The highest BCUT2D eigenvalue weighted by Gasteiger charge is 2.21. The highest BCUT2D eigenvalue weighted by Crippen LogP contribution is 2.35. The molecule has 1 unspecified atom stereocenters. The second-order valence-corrected chi connectivity index (χ2v) is 5.86. The number of hydrogen-bond acceptors (Lipinski definition) is 3. The molecular weight excluding hydrogens is 252 g/mol. The normalized spacial score (nSPS) is 19.1. The number of benzene rings is 1. The van der Waals surface area contributed by atoms with Gasteiger partial charge in [-0.05, 0) is 25.3 Å². The molecular formula is C13H13ClN2S. The lowest BCUT2D eigenvalue weighted by Crippen LogP contribution is -2.26. The average Bonchev–Trinajstić information content (AvgIpc) is 2.72. The van der Waals surface area contributed by atoms with Crippen LogP contribution >= 0.6 is 22.9 Å². The van der Waals surface area contributed by atoms with Crippen LogP contribution in [0.5, 0.6) is 0 Å². The van der Waals surface area contributed by atoms with Crippen molar-refractivity contribution in [2.24, 2.45) is 5.73 Å². The summed E-state index contributed by atoms with van der Waals surface area (Å²) < 4.78 is 0. The van der Waals surface area contributed by atoms with Crippen LogP contribution in [-0.4, -0.2) is 11.0 Å². The molecule has 0 saturated heterocycles. The summed E-state index contributed by atoms with van der Waals surface area (Å²) in [6.07, 6.45) is 2.99. The number of hydrogen-bond donors (Lipinski definition) is 1. The van der Waals surface area contributed by atoms with E-state index in [9.17, 15) is 0 Å². The predicted octanol–water partition coefficient (Wildman–Crippen LogP) is 3.28. The Hall–Kier alpha value is -0.900. The van der Waals surface area contributed by atoms with Gasteiger partial charge in [0.25, 0.3) is 0 Å². The van der Waals surface area contributed by atoms with Crippen LogP contribution < -0.4 is 5.73 Å². The van der Waals surface area contributed by atoms with Gasteiger partial charge in [-0.1, -0.05) is 29.8 Å². The van der Waals surface area contributed by atoms with E-state index in [-0.39, 0.29) is 0 Å². The van der Waals surface area contributed by atoms with E-state index in [1.165, 1.54) is 10.6 Å². The summed E-state index contributed by atoms with van der Waals surface area (Å²) in [6.45, 7) is 0. The van der Waals surface area contributed by atoms with Crippen LogP contribution in [0.4, 0.5) is 0 Å². The molecule has 1 aromatic heterocycles. The van der Waals surface area contributed by atoms with Gasteiger partial charge >= 0.3 is 0 Å². The quantitative estimate of drug-likeness (QED) is 0.859. The molecule has 2 N–H and O–H groups in total. The van der Waals surface area contributed by atoms with Gasteiger partial charge in [-0.2, -0.15) is 0 Å². The van der Waals surface area contributed by atoms with E-state index in [2.05, 4.69) is 0 Å². The monoisotopic (exact) mass is 264 g/mol. The highest BCUT2D eigenvalue weighted by molar-refractivity contribution is 7.15. The Balaban J connectivity index is 2.03. The van der Waals surface area contributed by atoms with Crippen molar-refractivity contribution in [1.82, 2.24) is 4.98 Å². The minimum atomic E-state index is 0.294. The first-order chi connectivity index (χ1) is 8.24. The molecule has 1 heterocycles. The van der Waals surface area contributed by atoms with Crippen molar-refractivity contribution in [3.8, 4) is 10.6 Å². The van der Waals surface area contributed by atoms with Crippen molar-refractivity contribution >= 4 is 22.9 Å². The van der Waals surface area contributed by atoms with Crippen LogP contribution in [0.2, 0.25) is 5.02 Å². The molecule has 0 aliphatic heterocycles. The van der Waals surface area contributed by atoms with Crippen molar-refractivity contribution < 1.29 is 0 Å². The van der Waals surface area contributed by atoms with Crippen molar-refractivity contribution in [2.45, 2.75) is 25.3 Å². The number of rotatable bonds is 1. The van der Waals surface area contributed by atoms with Gasteiger partial charge in [0.2, 0.25) is 0 Å². The maximum Gasteiger partial charge on any atom is 0.125 e. The van der Waals surface area contributed by atoms with Crippen LogP contribution in [-0.2, 0) is 12.8 Å². The molecule has 0 spiro atoms. The van der Waals surface area contributed by atoms with Gasteiger partial charge in [-0.3, -0.25) is 0 Å². The zero-order valence-corrected chi connectivity index (χ0v) is 10.9. The molecule has 88 valence electrons. The van der Waals surface area contributed by atoms with Crippen LogP contribution in [0.15, 0.2) is 24.3 Å². The molecule has 1 aliphatic carbocycles. The predicted molar refractivity (Wildman–Crippen MR) is 72.6 cm³/mol. The van der Waals surface area contributed by atoms with Gasteiger partial charge < -0.3 is 5.73 Å². The van der Waals surface area contributed by atoms with Crippen LogP contribution in [0, 0.1) is 0 Å². The number of nitrogens with two attached hydrogens (primary N) is 1. The number of thiazole rings is 1. The van der Waals surface area contributed by atoms with Crippen molar-refractivity contribution in [3.05, 3.63) is 39.9 Å². The molecule has 2 aromatic rings. The summed E-state index contributed by atoms with van der Waals surface area (Å²) in [5.74, 6) is 0. The third-order valence-electron chi connectivity index (χ3n) is 3.08. The molecule has 0 bridgehead atoms. The largest absolute Gasteiger partial charge is 0.327 e. The van der Waals surface area contributed by atoms with E-state index in [0.717, 1.165) is 34.9 Å². The number of fused-ring (bicyclic) bond motifs is 1. The Morgan fingerprint density at radius 2 is 2.18 bits per heavy atom. The highest BCUT2D eigenvalue weighted by atomic mass is 35.5. The SMILES string of the molecule is NC1CCc2nc(-c3ccccc3Cl)sc2C1. The van der Waals surface area contributed by atoms with Crippen LogP contribution in [0.3, 0.4) is 0 Å². The van der Waals surface area contributed by atoms with Crippen molar-refractivity contribution in [3.63, 3.8) is 0 Å². The van der Waals surface area contributed by atoms with Crippen molar-refractivity contribution in [1.29, 1.82) is 0 Å². The second kappa shape index (κ2) is 4.41. The minimum Gasteiger partial charge on any atom is -0.327 e. The Kier molecular flexibility index (Phi) is 2.90. The second-order valence-electron chi connectivity index (χ2n) is 4.37. The fourth-order valence-corrected chi connectivity index (χ4v) is 3.67. The molecule has 4 heteroatoms. The Bertz CT molecular complexity index is 550. The standard InChI is InChI=1S/C13H13ClN2S/c14-10-4-2-1-3-9(10)13-16-11-6-5-8(15)7-12(11)17-13/h1-4,8H,5-7,15H2. The van der Waals surface area contributed by atoms with Gasteiger partial charge in [0.15, 0.2) is 0 Å². The van der Waals surface area contributed by atoms with E-state index in [1.807, 2.05) is 24.3 Å². The first-order valence-corrected chi connectivity index (χ1v) is 6.92. The molecule has 0 amide bonds. The van der Waals surface area contributed by atoms with Gasteiger partial charge in [-0.15, -0.1) is 11.3 Å². The molecule has 1 atom stereocenters. The third kappa shape index (κ3) is 2.10. The van der Waals surface area contributed by atoms with Crippen LogP contribution in [0.25, 0.3) is 10.6 Å². The number of aromatic nitrogens is 1. The van der Waals surface area contributed by atoms with Crippen LogP contribution in [0.1, 0.15) is 17.0 Å². The summed E-state index contributed by atoms with van der Waals surface area (Å²) in [5.41, 5.74) is 8.22. The first kappa shape index (κ1) is 11.2. The fraction of sp³-hybridized carbons (Fsp3) is 0.308. The lowest BCUT2D eigenvalue weighted by Gasteiger charge is -2.15. The van der Waals surface area contributed by atoms with Gasteiger partial charge in [0, 0.05) is 16.5 Å². The maximum absolute atomic E-state index is 6.19. The van der Waals surface area contributed by atoms with E-state index in [0.29, 0.717) is 6.04 Å². The summed E-state index contributed by atoms with van der Waals surface area (Å²) in [7, 11) is 0. The lowest BCUT2D eigenvalue weighted by atomic mass is 9.99. The van der Waals surface area contributed by atoms with E-state index >= 15 is 0 Å². The molecule has 2 nitrogen and oxygen atoms in total. The summed E-state index contributed by atoms with van der Waals surface area (Å²) in [5, 5.41) is 1.79. The topological polar surface area (TPSA) is 38.9 Å². The van der Waals surface area contributed by atoms with E-state index in [4.69, 9.17) is 22.3 Å². The molecule has 0 fully saturated rings. The third-order valence-corrected chi connectivity index (χ3v) is 4.56. The zero-order chi connectivity index (χ0) is 11.8. The minimum absolute atomic E-state index is 0.294. The van der Waals surface area contributed by atoms with Crippen molar-refractivity contribution in [2.75, 3.05) is 0 Å². The molecule has 17 heavy (non-hydrogen) atoms. The Morgan fingerprint density at radius 1 is 1.35 bits per heavy atom. The Morgan fingerprint density at radius 3 is 3.00 bits per heavy atom. The number of nitrogens with zero attached hydrogens (tertiary/aromatic N) is 1. The molecule has 0 saturated carbocycles. The van der Waals surface area contributed by atoms with Gasteiger partial charge in [0.05, 0.1) is 10.7 Å². The first-order valence-electron chi connectivity index (χ1n) is 5.73. The summed E-state index contributed by atoms with van der Waals surface area (Å²) in [4.78, 5) is 6.03. The van der Waals surface area contributed by atoms with E-state index < -0.39 is 0 Å². The molecule has 0 radical (unpaired) electrons. The fourth-order valence-electron chi connectivity index (χ4n) is 2.15. The van der Waals surface area contributed by atoms with Gasteiger partial charge in [0.1, 0.15) is 5.01 Å². The summed E-state index contributed by atoms with van der Waals surface area (Å²) >= 11 is 7.92. The lowest BCUT2D eigenvalue weighted by molar-refractivity contribution is 0.576. The zero-order valence-electron chi connectivity index (χ0n) is 9.32. The Labute approximate surface area is 109 Å². The number of aryl methyl sites for hydroxylation is 1. The molecule has 3 rings (SSSR count). The number of halogens is 1. The smallest absolute Gasteiger partial charge is 0.125 e. The molecule has 1 aromatic carbocycles. The molecule has 1 aliphatic rings. The van der Waals surface area contributed by atoms with E-state index in [1.54, 1.807) is 11.3 Å².